The van der Waals surface area contributed by atoms with Crippen molar-refractivity contribution in [1.82, 2.24) is 9.78 Å². The van der Waals surface area contributed by atoms with Crippen molar-refractivity contribution in [2.45, 2.75) is 25.8 Å². The van der Waals surface area contributed by atoms with Crippen molar-refractivity contribution in [1.29, 1.82) is 0 Å². The summed E-state index contributed by atoms with van der Waals surface area (Å²) >= 11 is 3.37. The predicted octanol–water partition coefficient (Wildman–Crippen LogP) is 1.11. The molecule has 2 N–H and O–H groups in total. The van der Waals surface area contributed by atoms with E-state index in [-0.39, 0.29) is 11.6 Å². The minimum Gasteiger partial charge on any atom is -0.369 e. The maximum atomic E-state index is 11.8. The topological polar surface area (TPSA) is 64.2 Å². The third-order valence-corrected chi connectivity index (χ3v) is 4.43. The highest BCUT2D eigenvalue weighted by atomic mass is 79.9. The number of nitrogens with two attached hydrogens (primary N) is 1. The van der Waals surface area contributed by atoms with Gasteiger partial charge in [-0.1, -0.05) is 0 Å². The third-order valence-electron chi connectivity index (χ3n) is 3.68. The standard InChI is InChI=1S/C12H19BrN4O/c1-8(14)9-3-5-17(6-4-9)10-7-15-16(2)12(18)11(10)13/h7-9H,3-6,14H2,1-2H3. The zero-order valence-corrected chi connectivity index (χ0v) is 12.4. The van der Waals surface area contributed by atoms with Crippen molar-refractivity contribution >= 4 is 21.6 Å². The highest BCUT2D eigenvalue weighted by Crippen LogP contribution is 2.27. The van der Waals surface area contributed by atoms with Crippen molar-refractivity contribution in [3.63, 3.8) is 0 Å². The normalized spacial score (nSPS) is 19.0. The Balaban J connectivity index is 2.15. The first-order valence-electron chi connectivity index (χ1n) is 6.23. The second-order valence-corrected chi connectivity index (χ2v) is 5.75. The van der Waals surface area contributed by atoms with Crippen LogP contribution in [-0.4, -0.2) is 28.9 Å². The van der Waals surface area contributed by atoms with Gasteiger partial charge in [0.15, 0.2) is 0 Å². The Bertz CT molecular complexity index is 477. The number of aryl methyl sites for hydroxylation is 1. The molecule has 1 aromatic rings. The molecule has 1 fully saturated rings. The molecule has 1 saturated heterocycles. The zero-order valence-electron chi connectivity index (χ0n) is 10.8. The maximum absolute atomic E-state index is 11.8. The van der Waals surface area contributed by atoms with Gasteiger partial charge in [0.25, 0.3) is 5.56 Å². The summed E-state index contributed by atoms with van der Waals surface area (Å²) in [5.41, 5.74) is 6.73. The molecule has 1 aliphatic rings. The number of halogens is 1. The first-order valence-corrected chi connectivity index (χ1v) is 7.02. The molecule has 0 radical (unpaired) electrons. The quantitative estimate of drug-likeness (QED) is 0.888. The minimum absolute atomic E-state index is 0.0955. The van der Waals surface area contributed by atoms with E-state index >= 15 is 0 Å². The fraction of sp³-hybridized carbons (Fsp3) is 0.667. The second kappa shape index (κ2) is 5.40. The van der Waals surface area contributed by atoms with E-state index in [1.165, 1.54) is 4.68 Å². The van der Waals surface area contributed by atoms with Gasteiger partial charge < -0.3 is 10.6 Å². The lowest BCUT2D eigenvalue weighted by Crippen LogP contribution is -2.40. The number of hydrogen-bond donors (Lipinski definition) is 1. The molecule has 5 nitrogen and oxygen atoms in total. The minimum atomic E-state index is -0.0955. The van der Waals surface area contributed by atoms with Gasteiger partial charge in [-0.2, -0.15) is 5.10 Å². The monoisotopic (exact) mass is 314 g/mol. The van der Waals surface area contributed by atoms with Crippen molar-refractivity contribution in [3.8, 4) is 0 Å². The number of piperidine rings is 1. The summed E-state index contributed by atoms with van der Waals surface area (Å²) in [5, 5.41) is 4.08. The number of nitrogens with zero attached hydrogens (tertiary/aromatic N) is 3. The molecule has 1 unspecified atom stereocenters. The molecule has 2 rings (SSSR count). The third kappa shape index (κ3) is 2.59. The number of rotatable bonds is 2. The fourth-order valence-corrected chi connectivity index (χ4v) is 3.00. The molecule has 1 aromatic heterocycles. The molecule has 0 amide bonds. The highest BCUT2D eigenvalue weighted by molar-refractivity contribution is 9.10. The van der Waals surface area contributed by atoms with Crippen molar-refractivity contribution in [3.05, 3.63) is 21.0 Å². The van der Waals surface area contributed by atoms with Crippen LogP contribution >= 0.6 is 15.9 Å². The summed E-state index contributed by atoms with van der Waals surface area (Å²) in [6.07, 6.45) is 3.89. The Morgan fingerprint density at radius 2 is 2.11 bits per heavy atom. The van der Waals surface area contributed by atoms with E-state index in [4.69, 9.17) is 5.73 Å². The predicted molar refractivity (Wildman–Crippen MR) is 75.8 cm³/mol. The lowest BCUT2D eigenvalue weighted by molar-refractivity contribution is 0.354. The van der Waals surface area contributed by atoms with Crippen LogP contribution in [0.3, 0.4) is 0 Å². The van der Waals surface area contributed by atoms with Gasteiger partial charge in [-0.3, -0.25) is 4.79 Å². The number of hydrogen-bond acceptors (Lipinski definition) is 4. The molecule has 0 spiro atoms. The van der Waals surface area contributed by atoms with Crippen LogP contribution in [0.1, 0.15) is 19.8 Å². The van der Waals surface area contributed by atoms with Crippen LogP contribution in [-0.2, 0) is 7.05 Å². The van der Waals surface area contributed by atoms with E-state index in [1.807, 2.05) is 0 Å². The number of aromatic nitrogens is 2. The van der Waals surface area contributed by atoms with E-state index < -0.39 is 0 Å². The summed E-state index contributed by atoms with van der Waals surface area (Å²) in [7, 11) is 1.65. The lowest BCUT2D eigenvalue weighted by atomic mass is 9.91. The molecule has 0 bridgehead atoms. The average Bonchev–Trinajstić information content (AvgIpc) is 2.36. The van der Waals surface area contributed by atoms with Crippen LogP contribution < -0.4 is 16.2 Å². The Morgan fingerprint density at radius 1 is 1.50 bits per heavy atom. The Kier molecular flexibility index (Phi) is 4.07. The van der Waals surface area contributed by atoms with Crippen LogP contribution in [0.5, 0.6) is 0 Å². The van der Waals surface area contributed by atoms with Crippen molar-refractivity contribution in [2.75, 3.05) is 18.0 Å². The van der Waals surface area contributed by atoms with Gasteiger partial charge in [0.2, 0.25) is 0 Å². The van der Waals surface area contributed by atoms with Gasteiger partial charge in [-0.25, -0.2) is 4.68 Å². The van der Waals surface area contributed by atoms with Gasteiger partial charge >= 0.3 is 0 Å². The largest absolute Gasteiger partial charge is 0.369 e. The van der Waals surface area contributed by atoms with Crippen LogP contribution in [0.25, 0.3) is 0 Å². The van der Waals surface area contributed by atoms with Crippen molar-refractivity contribution in [2.24, 2.45) is 18.7 Å². The van der Waals surface area contributed by atoms with E-state index in [9.17, 15) is 4.79 Å². The van der Waals surface area contributed by atoms with E-state index in [0.717, 1.165) is 31.6 Å². The molecule has 0 aliphatic carbocycles. The van der Waals surface area contributed by atoms with Gasteiger partial charge in [0, 0.05) is 26.2 Å². The van der Waals surface area contributed by atoms with Crippen molar-refractivity contribution < 1.29 is 0 Å². The van der Waals surface area contributed by atoms with Crippen LogP contribution in [0.2, 0.25) is 0 Å². The zero-order chi connectivity index (χ0) is 13.3. The Hall–Kier alpha value is -0.880. The Labute approximate surface area is 115 Å². The molecule has 100 valence electrons. The van der Waals surface area contributed by atoms with Crippen LogP contribution in [0.15, 0.2) is 15.5 Å². The Morgan fingerprint density at radius 3 is 2.67 bits per heavy atom. The summed E-state index contributed by atoms with van der Waals surface area (Å²) in [6.45, 7) is 3.93. The summed E-state index contributed by atoms with van der Waals surface area (Å²) in [5.74, 6) is 0.583. The molecule has 1 atom stereocenters. The summed E-state index contributed by atoms with van der Waals surface area (Å²) in [6, 6.07) is 0.248. The molecule has 0 aromatic carbocycles. The fourth-order valence-electron chi connectivity index (χ4n) is 2.39. The van der Waals surface area contributed by atoms with Crippen LogP contribution in [0.4, 0.5) is 5.69 Å². The summed E-state index contributed by atoms with van der Waals surface area (Å²) < 4.78 is 1.93. The summed E-state index contributed by atoms with van der Waals surface area (Å²) in [4.78, 5) is 14.0. The second-order valence-electron chi connectivity index (χ2n) is 4.96. The smallest absolute Gasteiger partial charge is 0.282 e. The average molecular weight is 315 g/mol. The first kappa shape index (κ1) is 13.5. The molecular formula is C12H19BrN4O. The van der Waals surface area contributed by atoms with Gasteiger partial charge in [-0.05, 0) is 41.6 Å². The SMILES string of the molecule is CC(N)C1CCN(c2cnn(C)c(=O)c2Br)CC1. The number of anilines is 1. The van der Waals surface area contributed by atoms with Crippen LogP contribution in [0, 0.1) is 5.92 Å². The molecule has 18 heavy (non-hydrogen) atoms. The molecule has 2 heterocycles. The molecule has 0 saturated carbocycles. The highest BCUT2D eigenvalue weighted by Gasteiger charge is 2.24. The van der Waals surface area contributed by atoms with Gasteiger partial charge in [0.1, 0.15) is 4.47 Å². The lowest BCUT2D eigenvalue weighted by Gasteiger charge is -2.35. The van der Waals surface area contributed by atoms with E-state index in [0.29, 0.717) is 10.4 Å². The van der Waals surface area contributed by atoms with Gasteiger partial charge in [0.05, 0.1) is 11.9 Å². The van der Waals surface area contributed by atoms with Gasteiger partial charge in [-0.15, -0.1) is 0 Å². The molecule has 6 heteroatoms. The molecular weight excluding hydrogens is 296 g/mol. The maximum Gasteiger partial charge on any atom is 0.282 e. The molecule has 1 aliphatic heterocycles. The first-order chi connectivity index (χ1) is 8.50. The van der Waals surface area contributed by atoms with E-state index in [2.05, 4.69) is 32.9 Å². The van der Waals surface area contributed by atoms with E-state index in [1.54, 1.807) is 13.2 Å².